The lowest BCUT2D eigenvalue weighted by Gasteiger charge is -2.22. The first-order valence-corrected chi connectivity index (χ1v) is 28.3. The Morgan fingerprint density at radius 1 is 0.328 bits per heavy atom. The Hall–Kier alpha value is -1.26. The molecule has 9 nitrogen and oxygen atoms in total. The normalized spacial score (nSPS) is 11.8. The van der Waals surface area contributed by atoms with Gasteiger partial charge in [0.25, 0.3) is 0 Å². The van der Waals surface area contributed by atoms with Gasteiger partial charge in [-0.1, -0.05) is 220 Å². The number of hydrogen-bond donors (Lipinski definition) is 1. The molecule has 1 N–H and O–H groups in total. The lowest BCUT2D eigenvalue weighted by atomic mass is 10.1. The van der Waals surface area contributed by atoms with Gasteiger partial charge < -0.3 is 24.4 Å². The summed E-state index contributed by atoms with van der Waals surface area (Å²) < 4.78 is 5.28. The number of hydrogen-bond acceptors (Lipinski definition) is 9. The van der Waals surface area contributed by atoms with E-state index in [0.29, 0.717) is 19.4 Å². The molecule has 0 rings (SSSR count). The summed E-state index contributed by atoms with van der Waals surface area (Å²) in [7, 11) is 0. The second-order valence-corrected chi connectivity index (χ2v) is 19.2. The molecule has 9 heteroatoms. The van der Waals surface area contributed by atoms with Crippen LogP contribution in [0.5, 0.6) is 0 Å². The van der Waals surface area contributed by atoms with Crippen LogP contribution in [-0.2, 0) is 24.0 Å². The van der Waals surface area contributed by atoms with Crippen LogP contribution in [0.25, 0.3) is 0 Å². The number of hydroxylamine groups is 4. The molecule has 0 heterocycles. The maximum absolute atomic E-state index is 12.7. The third-order valence-electron chi connectivity index (χ3n) is 12.9. The number of unbranched alkanes of at least 4 members (excludes halogenated alkanes) is 32. The average molecular weight is 911 g/mol. The van der Waals surface area contributed by atoms with Crippen molar-refractivity contribution in [3.05, 3.63) is 0 Å². The predicted octanol–water partition coefficient (Wildman–Crippen LogP) is 15.5. The van der Waals surface area contributed by atoms with Crippen molar-refractivity contribution < 1.29 is 29.1 Å². The first-order chi connectivity index (χ1) is 31.5. The summed E-state index contributed by atoms with van der Waals surface area (Å²) in [6.45, 7) is 15.9. The van der Waals surface area contributed by atoms with Crippen LogP contribution in [0.1, 0.15) is 285 Å². The van der Waals surface area contributed by atoms with E-state index in [0.717, 1.165) is 97.2 Å². The fourth-order valence-corrected chi connectivity index (χ4v) is 8.63. The van der Waals surface area contributed by atoms with Crippen molar-refractivity contribution in [1.29, 1.82) is 0 Å². The van der Waals surface area contributed by atoms with E-state index in [4.69, 9.17) is 19.5 Å². The van der Waals surface area contributed by atoms with Gasteiger partial charge >= 0.3 is 11.9 Å². The van der Waals surface area contributed by atoms with Crippen molar-refractivity contribution in [3.63, 3.8) is 0 Å². The number of carbonyl (C=O) groups excluding carboxylic acids is 2. The quantitative estimate of drug-likeness (QED) is 0.0364. The van der Waals surface area contributed by atoms with Crippen LogP contribution in [0, 0.1) is 0 Å². The SMILES string of the molecule is CCCCCCCCN(CCCCCCCC)OC(=O)CCCCCCCCCN(CCCCCCCCCC(=O)ON(CCCCCCCC)CCCCCCCC)CCOCO. The van der Waals surface area contributed by atoms with Crippen molar-refractivity contribution >= 4 is 11.9 Å². The van der Waals surface area contributed by atoms with E-state index >= 15 is 0 Å². The maximum atomic E-state index is 12.7. The van der Waals surface area contributed by atoms with E-state index in [9.17, 15) is 9.59 Å². The zero-order valence-electron chi connectivity index (χ0n) is 43.5. The van der Waals surface area contributed by atoms with Crippen LogP contribution in [0.3, 0.4) is 0 Å². The predicted molar refractivity (Wildman–Crippen MR) is 272 cm³/mol. The second kappa shape index (κ2) is 52.7. The van der Waals surface area contributed by atoms with E-state index in [2.05, 4.69) is 32.6 Å². The summed E-state index contributed by atoms with van der Waals surface area (Å²) in [5, 5.41) is 13.1. The highest BCUT2D eigenvalue weighted by Crippen LogP contribution is 2.16. The topological polar surface area (TPSA) is 91.8 Å². The summed E-state index contributed by atoms with van der Waals surface area (Å²) in [6, 6.07) is 0. The number of aliphatic hydroxyl groups is 1. The molecule has 0 aliphatic heterocycles. The van der Waals surface area contributed by atoms with E-state index in [-0.39, 0.29) is 18.7 Å². The average Bonchev–Trinajstić information content (AvgIpc) is 3.29. The van der Waals surface area contributed by atoms with Gasteiger partial charge in [-0.25, -0.2) is 0 Å². The van der Waals surface area contributed by atoms with Gasteiger partial charge in [0.2, 0.25) is 0 Å². The highest BCUT2D eigenvalue weighted by molar-refractivity contribution is 5.69. The monoisotopic (exact) mass is 910 g/mol. The highest BCUT2D eigenvalue weighted by Gasteiger charge is 2.14. The molecule has 0 aliphatic carbocycles. The minimum absolute atomic E-state index is 0.0457. The van der Waals surface area contributed by atoms with Gasteiger partial charge in [0.05, 0.1) is 6.61 Å². The molecular formula is C55H111N3O6. The molecular weight excluding hydrogens is 799 g/mol. The zero-order chi connectivity index (χ0) is 46.7. The molecule has 382 valence electrons. The van der Waals surface area contributed by atoms with Gasteiger partial charge in [-0.2, -0.15) is 0 Å². The number of rotatable bonds is 54. The van der Waals surface area contributed by atoms with E-state index in [1.54, 1.807) is 0 Å². The molecule has 64 heavy (non-hydrogen) atoms. The van der Waals surface area contributed by atoms with Crippen molar-refractivity contribution in [1.82, 2.24) is 15.0 Å². The molecule has 0 saturated carbocycles. The first-order valence-electron chi connectivity index (χ1n) is 28.3. The van der Waals surface area contributed by atoms with Crippen LogP contribution in [0.4, 0.5) is 0 Å². The fourth-order valence-electron chi connectivity index (χ4n) is 8.63. The minimum Gasteiger partial charge on any atom is -0.371 e. The summed E-state index contributed by atoms with van der Waals surface area (Å²) >= 11 is 0. The lowest BCUT2D eigenvalue weighted by Crippen LogP contribution is -2.30. The van der Waals surface area contributed by atoms with Gasteiger partial charge in [-0.3, -0.25) is 9.59 Å². The zero-order valence-corrected chi connectivity index (χ0v) is 43.5. The van der Waals surface area contributed by atoms with Crippen LogP contribution in [-0.4, -0.2) is 91.3 Å². The molecule has 0 saturated heterocycles. The maximum Gasteiger partial charge on any atom is 0.325 e. The van der Waals surface area contributed by atoms with Crippen molar-refractivity contribution in [2.24, 2.45) is 0 Å². The van der Waals surface area contributed by atoms with Crippen molar-refractivity contribution in [2.75, 3.05) is 59.2 Å². The van der Waals surface area contributed by atoms with E-state index < -0.39 is 0 Å². The first kappa shape index (κ1) is 62.7. The highest BCUT2D eigenvalue weighted by atomic mass is 16.7. The van der Waals surface area contributed by atoms with E-state index in [1.807, 2.05) is 10.1 Å². The standard InChI is InChI=1S/C55H111N3O6/c1-5-9-13-17-31-39-47-57(48-40-32-18-14-10-6-2)63-54(60)43-35-27-23-21-25-29-37-45-56(51-52-62-53-59)46-38-30-26-22-24-28-36-44-55(61)64-58(49-41-33-19-15-11-7-3)50-42-34-20-16-12-8-4/h59H,5-53H2,1-4H3. The summed E-state index contributed by atoms with van der Waals surface area (Å²) in [5.74, 6) is -0.0914. The van der Waals surface area contributed by atoms with Crippen LogP contribution in [0.2, 0.25) is 0 Å². The Balaban J connectivity index is 4.21. The van der Waals surface area contributed by atoms with Crippen molar-refractivity contribution in [3.8, 4) is 0 Å². The summed E-state index contributed by atoms with van der Waals surface area (Å²) in [5.41, 5.74) is 0. The molecule has 0 aromatic carbocycles. The molecule has 0 radical (unpaired) electrons. The number of ether oxygens (including phenoxy) is 1. The van der Waals surface area contributed by atoms with E-state index in [1.165, 1.54) is 193 Å². The summed E-state index contributed by atoms with van der Waals surface area (Å²) in [4.78, 5) is 39.8. The Morgan fingerprint density at radius 3 is 0.859 bits per heavy atom. The molecule has 0 amide bonds. The molecule has 0 fully saturated rings. The van der Waals surface area contributed by atoms with Gasteiger partial charge in [0, 0.05) is 45.6 Å². The Labute approximate surface area is 398 Å². The molecule has 0 bridgehead atoms. The Kier molecular flexibility index (Phi) is 51.7. The number of nitrogens with zero attached hydrogens (tertiary/aromatic N) is 3. The third kappa shape index (κ3) is 47.2. The minimum atomic E-state index is -0.212. The van der Waals surface area contributed by atoms with Gasteiger partial charge in [0.1, 0.15) is 6.79 Å². The van der Waals surface area contributed by atoms with Gasteiger partial charge in [0.15, 0.2) is 0 Å². The lowest BCUT2D eigenvalue weighted by molar-refractivity contribution is -0.192. The van der Waals surface area contributed by atoms with Gasteiger partial charge in [-0.15, -0.1) is 10.1 Å². The molecule has 0 spiro atoms. The molecule has 0 aromatic heterocycles. The van der Waals surface area contributed by atoms with Crippen LogP contribution in [0.15, 0.2) is 0 Å². The molecule has 0 aliphatic rings. The van der Waals surface area contributed by atoms with Crippen LogP contribution >= 0.6 is 0 Å². The van der Waals surface area contributed by atoms with Crippen molar-refractivity contribution in [2.45, 2.75) is 285 Å². The molecule has 0 unspecified atom stereocenters. The Morgan fingerprint density at radius 2 is 0.578 bits per heavy atom. The largest absolute Gasteiger partial charge is 0.371 e. The molecule has 0 atom stereocenters. The van der Waals surface area contributed by atoms with Crippen LogP contribution < -0.4 is 0 Å². The summed E-state index contributed by atoms with van der Waals surface area (Å²) in [6.07, 6.45) is 47.4. The smallest absolute Gasteiger partial charge is 0.325 e. The third-order valence-corrected chi connectivity index (χ3v) is 12.9. The Bertz CT molecular complexity index is 841. The fraction of sp³-hybridized carbons (Fsp3) is 0.964. The number of aliphatic hydroxyl groups excluding tert-OH is 1. The number of carbonyl (C=O) groups is 2. The van der Waals surface area contributed by atoms with Gasteiger partial charge in [-0.05, 0) is 64.5 Å². The second-order valence-electron chi connectivity index (χ2n) is 19.2. The molecule has 0 aromatic rings.